The summed E-state index contributed by atoms with van der Waals surface area (Å²) in [5, 5.41) is 26.2. The van der Waals surface area contributed by atoms with E-state index in [2.05, 4.69) is 121 Å². The summed E-state index contributed by atoms with van der Waals surface area (Å²) in [5.41, 5.74) is 6.48. The molecule has 49 heavy (non-hydrogen) atoms. The fourth-order valence-corrected chi connectivity index (χ4v) is 7.70. The van der Waals surface area contributed by atoms with Crippen LogP contribution < -0.4 is 20.0 Å². The Hall–Kier alpha value is -1.27. The van der Waals surface area contributed by atoms with E-state index in [1.165, 1.54) is 85.1 Å². The van der Waals surface area contributed by atoms with Crippen LogP contribution in [-0.2, 0) is 34.7 Å². The molecule has 0 saturated heterocycles. The van der Waals surface area contributed by atoms with Gasteiger partial charge in [-0.1, -0.05) is 132 Å². The number of hydrogen-bond donors (Lipinski definition) is 2. The quantitative estimate of drug-likeness (QED) is 0.321. The van der Waals surface area contributed by atoms with Crippen molar-refractivity contribution in [3.8, 4) is 11.5 Å². The van der Waals surface area contributed by atoms with Crippen LogP contribution in [0.2, 0.25) is 0 Å². The van der Waals surface area contributed by atoms with Crippen molar-refractivity contribution in [2.75, 3.05) is 14.1 Å². The van der Waals surface area contributed by atoms with E-state index in [4.69, 9.17) is 0 Å². The molecule has 2 fully saturated rings. The van der Waals surface area contributed by atoms with Crippen LogP contribution in [-0.4, -0.2) is 49.2 Å². The minimum Gasteiger partial charge on any atom is -0.872 e. The summed E-state index contributed by atoms with van der Waals surface area (Å²) < 4.78 is 0. The van der Waals surface area contributed by atoms with Crippen LogP contribution in [0.1, 0.15) is 181 Å². The van der Waals surface area contributed by atoms with Crippen molar-refractivity contribution in [2.45, 2.75) is 194 Å². The van der Waals surface area contributed by atoms with Crippen LogP contribution >= 0.6 is 0 Å². The van der Waals surface area contributed by atoms with E-state index in [1.54, 1.807) is 0 Å². The Morgan fingerprint density at radius 3 is 1.02 bits per heavy atom. The van der Waals surface area contributed by atoms with Gasteiger partial charge in [-0.2, -0.15) is 0 Å². The van der Waals surface area contributed by atoms with Crippen LogP contribution in [0.5, 0.6) is 11.5 Å². The summed E-state index contributed by atoms with van der Waals surface area (Å²) in [7, 11) is 4.55. The van der Waals surface area contributed by atoms with Gasteiger partial charge in [0, 0.05) is 0 Å². The zero-order chi connectivity index (χ0) is 36.2. The fraction of sp³-hybridized carbons (Fsp3) is 0.727. The largest absolute Gasteiger partial charge is 2.00 e. The predicted octanol–water partition coefficient (Wildman–Crippen LogP) is 7.02. The van der Waals surface area contributed by atoms with Crippen molar-refractivity contribution in [1.82, 2.24) is 0 Å². The molecule has 2 aromatic carbocycles. The summed E-state index contributed by atoms with van der Waals surface area (Å²) in [6.45, 7) is 28.0. The van der Waals surface area contributed by atoms with Gasteiger partial charge in [0.05, 0.1) is 26.2 Å². The Balaban J connectivity index is 0.000000333. The molecular weight excluding hydrogens is 613 g/mol. The number of benzene rings is 2. The van der Waals surface area contributed by atoms with Gasteiger partial charge in [-0.15, -0.1) is 0 Å². The van der Waals surface area contributed by atoms with Crippen LogP contribution in [0.3, 0.4) is 0 Å². The van der Waals surface area contributed by atoms with Crippen LogP contribution in [0.25, 0.3) is 0 Å². The van der Waals surface area contributed by atoms with E-state index in [1.807, 2.05) is 0 Å². The molecule has 0 bridgehead atoms. The maximum Gasteiger partial charge on any atom is 2.00 e. The second-order valence-electron chi connectivity index (χ2n) is 19.7. The number of rotatable bonds is 6. The number of hydrogen-bond acceptors (Lipinski definition) is 2. The third kappa shape index (κ3) is 12.4. The first kappa shape index (κ1) is 43.9. The molecular formula is C44H74MgN2O2+2. The Bertz CT molecular complexity index is 1220. The van der Waals surface area contributed by atoms with Gasteiger partial charge in [0.15, 0.2) is 0 Å². The topological polar surface area (TPSA) is 55.0 Å². The van der Waals surface area contributed by atoms with Crippen molar-refractivity contribution < 1.29 is 20.0 Å². The minimum atomic E-state index is -0.105. The Labute approximate surface area is 319 Å². The summed E-state index contributed by atoms with van der Waals surface area (Å²) >= 11 is 0. The van der Waals surface area contributed by atoms with Gasteiger partial charge in [-0.25, -0.2) is 0 Å². The van der Waals surface area contributed by atoms with Gasteiger partial charge < -0.3 is 20.0 Å². The smallest absolute Gasteiger partial charge is 0.872 e. The molecule has 4 nitrogen and oxygen atoms in total. The molecule has 2 aliphatic carbocycles. The molecule has 2 saturated carbocycles. The molecule has 272 valence electrons. The van der Waals surface area contributed by atoms with Crippen molar-refractivity contribution >= 4 is 23.1 Å². The van der Waals surface area contributed by atoms with Gasteiger partial charge >= 0.3 is 23.1 Å². The molecule has 2 aromatic rings. The van der Waals surface area contributed by atoms with Crippen molar-refractivity contribution in [3.63, 3.8) is 0 Å². The number of quaternary nitrogens is 2. The maximum absolute atomic E-state index is 13.1. The summed E-state index contributed by atoms with van der Waals surface area (Å²) in [6.07, 6.45) is 13.4. The summed E-state index contributed by atoms with van der Waals surface area (Å²) in [6, 6.07) is 10.1. The molecule has 0 aliphatic heterocycles. The molecule has 2 unspecified atom stereocenters. The zero-order valence-electron chi connectivity index (χ0n) is 34.5. The minimum absolute atomic E-state index is 0. The van der Waals surface area contributed by atoms with Crippen LogP contribution in [0.4, 0.5) is 0 Å². The maximum atomic E-state index is 13.1. The van der Waals surface area contributed by atoms with E-state index in [0.29, 0.717) is 0 Å². The SMILES string of the molecule is C[NH+](Cc1cc(C(C)(C)C)cc(C(C)(C)C)c1[O-])C1CCCCC1.C[NH+](Cc1cc(C(C)(C)C)cc(C(C)(C)C)c1[O-])C1CCCCC1.[Mg+2]. The normalized spacial score (nSPS) is 18.2. The van der Waals surface area contributed by atoms with Gasteiger partial charge in [0.25, 0.3) is 0 Å². The molecule has 0 amide bonds. The fourth-order valence-electron chi connectivity index (χ4n) is 7.70. The standard InChI is InChI=1S/2C22H37NO.Mg/c2*1-21(2,3)17-13-16(20(24)19(14-17)22(4,5)6)15-23(7)18-11-9-8-10-12-18;/h2*13-14,18,24H,8-12,15H2,1-7H3;/q;;+2. The summed E-state index contributed by atoms with van der Waals surface area (Å²) in [5.74, 6) is 0.538. The molecule has 5 heteroatoms. The van der Waals surface area contributed by atoms with Gasteiger partial charge in [-0.05, 0) is 106 Å². The molecule has 0 radical (unpaired) electrons. The Morgan fingerprint density at radius 2 is 0.776 bits per heavy atom. The predicted molar refractivity (Wildman–Crippen MR) is 207 cm³/mol. The Morgan fingerprint density at radius 1 is 0.490 bits per heavy atom. The molecule has 2 atom stereocenters. The van der Waals surface area contributed by atoms with Gasteiger partial charge in [-0.3, -0.25) is 0 Å². The first-order valence-electron chi connectivity index (χ1n) is 19.3. The molecule has 2 N–H and O–H groups in total. The average molecular weight is 687 g/mol. The van der Waals surface area contributed by atoms with Gasteiger partial charge in [0.1, 0.15) is 13.1 Å². The van der Waals surface area contributed by atoms with Crippen molar-refractivity contribution in [3.05, 3.63) is 57.6 Å². The third-order valence-electron chi connectivity index (χ3n) is 11.2. The second kappa shape index (κ2) is 17.5. The van der Waals surface area contributed by atoms with Crippen molar-refractivity contribution in [1.29, 1.82) is 0 Å². The Kier molecular flexibility index (Phi) is 15.7. The number of nitrogens with one attached hydrogen (secondary N) is 2. The average Bonchev–Trinajstić information content (AvgIpc) is 2.98. The monoisotopic (exact) mass is 687 g/mol. The molecule has 0 spiro atoms. The second-order valence-corrected chi connectivity index (χ2v) is 19.7. The molecule has 4 rings (SSSR count). The zero-order valence-corrected chi connectivity index (χ0v) is 35.9. The van der Waals surface area contributed by atoms with Crippen LogP contribution in [0, 0.1) is 0 Å². The van der Waals surface area contributed by atoms with Crippen molar-refractivity contribution in [2.24, 2.45) is 0 Å². The molecule has 0 aromatic heterocycles. The molecule has 2 aliphatic rings. The van der Waals surface area contributed by atoms with E-state index < -0.39 is 0 Å². The van der Waals surface area contributed by atoms with E-state index in [0.717, 1.165) is 47.4 Å². The van der Waals surface area contributed by atoms with E-state index in [9.17, 15) is 10.2 Å². The van der Waals surface area contributed by atoms with E-state index >= 15 is 0 Å². The molecule has 0 heterocycles. The third-order valence-corrected chi connectivity index (χ3v) is 11.2. The van der Waals surface area contributed by atoms with Crippen LogP contribution in [0.15, 0.2) is 24.3 Å². The van der Waals surface area contributed by atoms with E-state index in [-0.39, 0.29) is 56.2 Å². The first-order chi connectivity index (χ1) is 22.0. The van der Waals surface area contributed by atoms with Gasteiger partial charge in [0.2, 0.25) is 0 Å². The first-order valence-corrected chi connectivity index (χ1v) is 19.3. The summed E-state index contributed by atoms with van der Waals surface area (Å²) in [4.78, 5) is 3.02.